The number of ether oxygens (including phenoxy) is 1. The summed E-state index contributed by atoms with van der Waals surface area (Å²) >= 11 is 3.50. The Kier molecular flexibility index (Phi) is 5.03. The second kappa shape index (κ2) is 6.80. The summed E-state index contributed by atoms with van der Waals surface area (Å²) in [5, 5.41) is 3.83. The highest BCUT2D eigenvalue weighted by Crippen LogP contribution is 2.39. The summed E-state index contributed by atoms with van der Waals surface area (Å²) in [5.41, 5.74) is 1.55. The molecule has 2 atom stereocenters. The van der Waals surface area contributed by atoms with Gasteiger partial charge in [-0.05, 0) is 50.3 Å². The highest BCUT2D eigenvalue weighted by Gasteiger charge is 2.38. The fraction of sp³-hybridized carbons (Fsp3) is 0.667. The van der Waals surface area contributed by atoms with Gasteiger partial charge in [-0.2, -0.15) is 0 Å². The minimum absolute atomic E-state index is 0.188. The molecule has 2 aliphatic rings. The molecule has 0 bridgehead atoms. The summed E-state index contributed by atoms with van der Waals surface area (Å²) in [7, 11) is 0. The maximum absolute atomic E-state index is 6.19. The van der Waals surface area contributed by atoms with Crippen LogP contribution in [0.5, 0.6) is 0 Å². The quantitative estimate of drug-likeness (QED) is 0.828. The van der Waals surface area contributed by atoms with Crippen molar-refractivity contribution < 1.29 is 4.74 Å². The van der Waals surface area contributed by atoms with Crippen molar-refractivity contribution in [3.8, 4) is 0 Å². The van der Waals surface area contributed by atoms with Gasteiger partial charge in [0.2, 0.25) is 0 Å². The van der Waals surface area contributed by atoms with Crippen molar-refractivity contribution in [2.24, 2.45) is 0 Å². The molecule has 3 heteroatoms. The maximum atomic E-state index is 6.19. The van der Waals surface area contributed by atoms with E-state index in [1.165, 1.54) is 44.1 Å². The number of nitrogens with one attached hydrogen (secondary N) is 1. The van der Waals surface area contributed by atoms with Gasteiger partial charge in [0.1, 0.15) is 0 Å². The van der Waals surface area contributed by atoms with Crippen LogP contribution < -0.4 is 5.32 Å². The van der Waals surface area contributed by atoms with Gasteiger partial charge in [-0.25, -0.2) is 0 Å². The van der Waals surface area contributed by atoms with Gasteiger partial charge in [-0.3, -0.25) is 0 Å². The maximum Gasteiger partial charge on any atom is 0.0697 e. The van der Waals surface area contributed by atoms with Crippen molar-refractivity contribution in [3.05, 3.63) is 34.3 Å². The summed E-state index contributed by atoms with van der Waals surface area (Å²) in [6.07, 6.45) is 8.93. The Bertz CT molecular complexity index is 447. The van der Waals surface area contributed by atoms with Crippen LogP contribution in [-0.4, -0.2) is 18.2 Å². The number of rotatable bonds is 3. The number of benzene rings is 1. The average Bonchev–Trinajstić information content (AvgIpc) is 2.49. The molecule has 2 nitrogen and oxygen atoms in total. The molecule has 1 aliphatic heterocycles. The monoisotopic (exact) mass is 351 g/mol. The van der Waals surface area contributed by atoms with E-state index in [4.69, 9.17) is 4.74 Å². The molecule has 3 rings (SSSR count). The highest BCUT2D eigenvalue weighted by atomic mass is 79.9. The molecule has 116 valence electrons. The van der Waals surface area contributed by atoms with Crippen molar-refractivity contribution >= 4 is 15.9 Å². The smallest absolute Gasteiger partial charge is 0.0697 e. The van der Waals surface area contributed by atoms with Crippen LogP contribution in [0.1, 0.15) is 63.5 Å². The van der Waals surface area contributed by atoms with Gasteiger partial charge in [-0.15, -0.1) is 0 Å². The average molecular weight is 352 g/mol. The Morgan fingerprint density at radius 1 is 1.19 bits per heavy atom. The SMILES string of the molecule is C[C@H](NC1CCOC2(CCCCC2)C1)c1ccc(Br)cc1. The Hall–Kier alpha value is -0.380. The third kappa shape index (κ3) is 3.88. The third-order valence-corrected chi connectivity index (χ3v) is 5.64. The molecule has 1 spiro atoms. The van der Waals surface area contributed by atoms with Gasteiger partial charge in [-0.1, -0.05) is 47.3 Å². The lowest BCUT2D eigenvalue weighted by Crippen LogP contribution is -2.48. The van der Waals surface area contributed by atoms with Gasteiger partial charge < -0.3 is 10.1 Å². The van der Waals surface area contributed by atoms with E-state index < -0.39 is 0 Å². The standard InChI is InChI=1S/C18H26BrNO/c1-14(15-5-7-16(19)8-6-15)20-17-9-12-21-18(13-17)10-3-2-4-11-18/h5-8,14,17,20H,2-4,9-13H2,1H3/t14-,17?/m0/s1. The highest BCUT2D eigenvalue weighted by molar-refractivity contribution is 9.10. The first-order valence-electron chi connectivity index (χ1n) is 8.32. The predicted molar refractivity (Wildman–Crippen MR) is 90.5 cm³/mol. The molecule has 0 aromatic heterocycles. The zero-order valence-corrected chi connectivity index (χ0v) is 14.5. The second-order valence-electron chi connectivity index (χ2n) is 6.72. The zero-order chi connectivity index (χ0) is 14.7. The topological polar surface area (TPSA) is 21.3 Å². The first-order valence-corrected chi connectivity index (χ1v) is 9.12. The summed E-state index contributed by atoms with van der Waals surface area (Å²) < 4.78 is 7.34. The van der Waals surface area contributed by atoms with E-state index in [0.29, 0.717) is 12.1 Å². The molecule has 1 N–H and O–H groups in total. The minimum Gasteiger partial charge on any atom is -0.375 e. The number of halogens is 1. The zero-order valence-electron chi connectivity index (χ0n) is 12.9. The van der Waals surface area contributed by atoms with E-state index >= 15 is 0 Å². The fourth-order valence-corrected chi connectivity index (χ4v) is 4.18. The van der Waals surface area contributed by atoms with Crippen LogP contribution in [0, 0.1) is 0 Å². The Morgan fingerprint density at radius 2 is 1.90 bits per heavy atom. The molecule has 1 unspecified atom stereocenters. The molecule has 2 fully saturated rings. The van der Waals surface area contributed by atoms with Crippen molar-refractivity contribution in [1.82, 2.24) is 5.32 Å². The molecule has 0 amide bonds. The van der Waals surface area contributed by atoms with E-state index in [9.17, 15) is 0 Å². The molecule has 1 heterocycles. The van der Waals surface area contributed by atoms with Crippen molar-refractivity contribution in [2.45, 2.75) is 69.6 Å². The largest absolute Gasteiger partial charge is 0.375 e. The minimum atomic E-state index is 0.188. The predicted octanol–water partition coefficient (Wildman–Crippen LogP) is 4.98. The molecular formula is C18H26BrNO. The summed E-state index contributed by atoms with van der Waals surface area (Å²) in [5.74, 6) is 0. The van der Waals surface area contributed by atoms with Gasteiger partial charge in [0.25, 0.3) is 0 Å². The molecule has 21 heavy (non-hydrogen) atoms. The van der Waals surface area contributed by atoms with Gasteiger partial charge >= 0.3 is 0 Å². The van der Waals surface area contributed by atoms with E-state index in [1.807, 2.05) is 0 Å². The lowest BCUT2D eigenvalue weighted by molar-refractivity contribution is -0.110. The molecule has 1 aliphatic carbocycles. The summed E-state index contributed by atoms with van der Waals surface area (Å²) in [6, 6.07) is 9.66. The van der Waals surface area contributed by atoms with Crippen LogP contribution in [0.4, 0.5) is 0 Å². The van der Waals surface area contributed by atoms with Crippen molar-refractivity contribution in [2.75, 3.05) is 6.61 Å². The summed E-state index contributed by atoms with van der Waals surface area (Å²) in [6.45, 7) is 3.19. The van der Waals surface area contributed by atoms with Crippen LogP contribution in [0.3, 0.4) is 0 Å². The van der Waals surface area contributed by atoms with Gasteiger partial charge in [0, 0.05) is 23.2 Å². The molecule has 1 aromatic rings. The molecule has 0 radical (unpaired) electrons. The van der Waals surface area contributed by atoms with Crippen LogP contribution in [-0.2, 0) is 4.74 Å². The van der Waals surface area contributed by atoms with Crippen molar-refractivity contribution in [3.63, 3.8) is 0 Å². The lowest BCUT2D eigenvalue weighted by atomic mass is 9.78. The Labute approximate surface area is 136 Å². The van der Waals surface area contributed by atoms with Crippen LogP contribution in [0.2, 0.25) is 0 Å². The third-order valence-electron chi connectivity index (χ3n) is 5.11. The first-order chi connectivity index (χ1) is 10.2. The molecule has 1 aromatic carbocycles. The number of hydrogen-bond acceptors (Lipinski definition) is 2. The van der Waals surface area contributed by atoms with Crippen LogP contribution in [0.15, 0.2) is 28.7 Å². The van der Waals surface area contributed by atoms with Gasteiger partial charge in [0.15, 0.2) is 0 Å². The lowest BCUT2D eigenvalue weighted by Gasteiger charge is -2.44. The van der Waals surface area contributed by atoms with E-state index in [-0.39, 0.29) is 5.60 Å². The first kappa shape index (κ1) is 15.5. The summed E-state index contributed by atoms with van der Waals surface area (Å²) in [4.78, 5) is 0. The van der Waals surface area contributed by atoms with E-state index in [1.54, 1.807) is 0 Å². The van der Waals surface area contributed by atoms with E-state index in [0.717, 1.165) is 17.5 Å². The van der Waals surface area contributed by atoms with E-state index in [2.05, 4.69) is 52.4 Å². The van der Waals surface area contributed by atoms with Crippen molar-refractivity contribution in [1.29, 1.82) is 0 Å². The number of hydrogen-bond donors (Lipinski definition) is 1. The normalized spacial score (nSPS) is 26.7. The second-order valence-corrected chi connectivity index (χ2v) is 7.64. The van der Waals surface area contributed by atoms with Crippen LogP contribution in [0.25, 0.3) is 0 Å². The Morgan fingerprint density at radius 3 is 2.62 bits per heavy atom. The fourth-order valence-electron chi connectivity index (χ4n) is 3.92. The molecular weight excluding hydrogens is 326 g/mol. The molecule has 1 saturated carbocycles. The van der Waals surface area contributed by atoms with Crippen LogP contribution >= 0.6 is 15.9 Å². The Balaban J connectivity index is 1.60. The molecule has 1 saturated heterocycles. The van der Waals surface area contributed by atoms with Gasteiger partial charge in [0.05, 0.1) is 5.60 Å².